The summed E-state index contributed by atoms with van der Waals surface area (Å²) in [5.41, 5.74) is 0.214. The van der Waals surface area contributed by atoms with Gasteiger partial charge in [0.1, 0.15) is 0 Å². The second-order valence-corrected chi connectivity index (χ2v) is 7.29. The summed E-state index contributed by atoms with van der Waals surface area (Å²) in [5, 5.41) is -0.607. The molecule has 0 aromatic carbocycles. The highest BCUT2D eigenvalue weighted by atomic mass is 14.4. The molecule has 1 unspecified atom stereocenters. The summed E-state index contributed by atoms with van der Waals surface area (Å²) < 4.78 is 0. The van der Waals surface area contributed by atoms with Crippen LogP contribution in [0, 0.1) is 10.8 Å². The highest BCUT2D eigenvalue weighted by molar-refractivity contribution is 6.40. The van der Waals surface area contributed by atoms with Crippen molar-refractivity contribution in [2.75, 3.05) is 0 Å². The summed E-state index contributed by atoms with van der Waals surface area (Å²) >= 11 is 0. The smallest absolute Gasteiger partial charge is 0.0628 e. The first-order valence-corrected chi connectivity index (χ1v) is 8.95. The molecule has 0 aromatic rings. The van der Waals surface area contributed by atoms with Crippen LogP contribution in [0.2, 0.25) is 5.21 Å². The van der Waals surface area contributed by atoms with E-state index in [2.05, 4.69) is 41.2 Å². The zero-order valence-corrected chi connectivity index (χ0v) is 15.3. The van der Waals surface area contributed by atoms with Crippen molar-refractivity contribution in [3.63, 3.8) is 0 Å². The molecule has 0 aliphatic heterocycles. The maximum absolute atomic E-state index is 6.70. The van der Waals surface area contributed by atoms with Gasteiger partial charge in [0.2, 0.25) is 0 Å². The van der Waals surface area contributed by atoms with Crippen LogP contribution in [0.1, 0.15) is 92.4 Å². The van der Waals surface area contributed by atoms with Gasteiger partial charge < -0.3 is 0 Å². The van der Waals surface area contributed by atoms with E-state index in [4.69, 9.17) is 15.7 Å². The van der Waals surface area contributed by atoms with Gasteiger partial charge in [0.25, 0.3) is 0 Å². The Kier molecular flexibility index (Phi) is 9.05. The molecule has 0 heterocycles. The van der Waals surface area contributed by atoms with Gasteiger partial charge in [0, 0.05) is 0 Å². The van der Waals surface area contributed by atoms with Crippen LogP contribution >= 0.6 is 0 Å². The minimum Gasteiger partial charge on any atom is -0.103 e. The Morgan fingerprint density at radius 1 is 0.952 bits per heavy atom. The number of hydrogen-bond acceptors (Lipinski definition) is 0. The minimum atomic E-state index is -0.607. The molecule has 0 amide bonds. The second-order valence-electron chi connectivity index (χ2n) is 7.29. The SMILES string of the molecule is [B]C([B])(CC(CC)(CC)CC=C)C(C)(CC)CCCCC. The van der Waals surface area contributed by atoms with Crippen LogP contribution in [0.25, 0.3) is 0 Å². The first kappa shape index (κ1) is 20.9. The predicted molar refractivity (Wildman–Crippen MR) is 99.2 cm³/mol. The van der Waals surface area contributed by atoms with Crippen molar-refractivity contribution in [2.24, 2.45) is 10.8 Å². The highest BCUT2D eigenvalue weighted by Gasteiger charge is 2.42. The number of rotatable bonds is 12. The molecule has 0 N–H and O–H groups in total. The molecule has 4 radical (unpaired) electrons. The number of hydrogen-bond donors (Lipinski definition) is 0. The van der Waals surface area contributed by atoms with Crippen molar-refractivity contribution in [3.8, 4) is 0 Å². The van der Waals surface area contributed by atoms with E-state index in [1.54, 1.807) is 0 Å². The molecular formula is C19H36B2. The highest BCUT2D eigenvalue weighted by Crippen LogP contribution is 2.55. The van der Waals surface area contributed by atoms with Gasteiger partial charge in [0.05, 0.1) is 15.7 Å². The van der Waals surface area contributed by atoms with Gasteiger partial charge in [0.15, 0.2) is 0 Å². The Hall–Kier alpha value is -0.130. The Morgan fingerprint density at radius 3 is 1.90 bits per heavy atom. The largest absolute Gasteiger partial charge is 0.103 e. The van der Waals surface area contributed by atoms with E-state index >= 15 is 0 Å². The monoisotopic (exact) mass is 286 g/mol. The zero-order valence-electron chi connectivity index (χ0n) is 15.3. The fourth-order valence-corrected chi connectivity index (χ4v) is 3.50. The van der Waals surface area contributed by atoms with Gasteiger partial charge >= 0.3 is 0 Å². The van der Waals surface area contributed by atoms with Crippen molar-refractivity contribution in [1.82, 2.24) is 0 Å². The van der Waals surface area contributed by atoms with E-state index in [0.29, 0.717) is 0 Å². The fourth-order valence-electron chi connectivity index (χ4n) is 3.50. The lowest BCUT2D eigenvalue weighted by Crippen LogP contribution is -2.39. The van der Waals surface area contributed by atoms with E-state index in [1.807, 2.05) is 6.08 Å². The van der Waals surface area contributed by atoms with E-state index in [-0.39, 0.29) is 10.8 Å². The molecule has 0 rings (SSSR count). The van der Waals surface area contributed by atoms with Gasteiger partial charge in [-0.25, -0.2) is 0 Å². The summed E-state index contributed by atoms with van der Waals surface area (Å²) in [7, 11) is 13.4. The molecule has 0 saturated heterocycles. The first-order chi connectivity index (χ1) is 9.76. The van der Waals surface area contributed by atoms with E-state index < -0.39 is 5.21 Å². The van der Waals surface area contributed by atoms with Gasteiger partial charge in [-0.3, -0.25) is 0 Å². The molecule has 21 heavy (non-hydrogen) atoms. The lowest BCUT2D eigenvalue weighted by atomic mass is 9.37. The summed E-state index contributed by atoms with van der Waals surface area (Å²) in [6, 6.07) is 0. The van der Waals surface area contributed by atoms with Crippen LogP contribution in [0.3, 0.4) is 0 Å². The standard InChI is InChI=1S/C19H36B2/c1-7-12-13-15-17(6,9-3)19(20,21)16-18(10-4,11-5)14-8-2/h8H,2,7,9-16H2,1,3-6H3. The van der Waals surface area contributed by atoms with Gasteiger partial charge in [-0.05, 0) is 23.7 Å². The summed E-state index contributed by atoms with van der Waals surface area (Å²) in [4.78, 5) is 0. The molecule has 0 fully saturated rings. The molecule has 0 saturated carbocycles. The van der Waals surface area contributed by atoms with Gasteiger partial charge in [-0.2, -0.15) is 0 Å². The van der Waals surface area contributed by atoms with Crippen molar-refractivity contribution in [2.45, 2.75) is 97.6 Å². The van der Waals surface area contributed by atoms with E-state index in [0.717, 1.165) is 38.5 Å². The molecule has 0 spiro atoms. The van der Waals surface area contributed by atoms with Gasteiger partial charge in [-0.15, -0.1) is 6.58 Å². The summed E-state index contributed by atoms with van der Waals surface area (Å²) in [6.07, 6.45) is 12.1. The summed E-state index contributed by atoms with van der Waals surface area (Å²) in [6.45, 7) is 15.2. The van der Waals surface area contributed by atoms with E-state index in [1.165, 1.54) is 19.3 Å². The molecular weight excluding hydrogens is 250 g/mol. The molecule has 0 aliphatic carbocycles. The Labute approximate surface area is 137 Å². The zero-order chi connectivity index (χ0) is 16.6. The fraction of sp³-hybridized carbons (Fsp3) is 0.895. The predicted octanol–water partition coefficient (Wildman–Crippen LogP) is 6.21. The summed E-state index contributed by atoms with van der Waals surface area (Å²) in [5.74, 6) is 0. The van der Waals surface area contributed by atoms with Crippen molar-refractivity contribution < 1.29 is 0 Å². The first-order valence-electron chi connectivity index (χ1n) is 8.95. The normalized spacial score (nSPS) is 15.7. The molecule has 0 aliphatic rings. The van der Waals surface area contributed by atoms with Crippen LogP contribution in [-0.2, 0) is 0 Å². The van der Waals surface area contributed by atoms with Crippen LogP contribution in [0.15, 0.2) is 12.7 Å². The molecule has 0 bridgehead atoms. The third-order valence-electron chi connectivity index (χ3n) is 5.98. The number of unbranched alkanes of at least 4 members (excludes halogenated alkanes) is 2. The van der Waals surface area contributed by atoms with Crippen molar-refractivity contribution in [3.05, 3.63) is 12.7 Å². The lowest BCUT2D eigenvalue weighted by molar-refractivity contribution is 0.144. The number of allylic oxidation sites excluding steroid dienone is 1. The molecule has 1 atom stereocenters. The average molecular weight is 286 g/mol. The van der Waals surface area contributed by atoms with Crippen LogP contribution < -0.4 is 0 Å². The Balaban J connectivity index is 5.14. The average Bonchev–Trinajstić information content (AvgIpc) is 2.46. The lowest BCUT2D eigenvalue weighted by Gasteiger charge is -2.51. The molecule has 118 valence electrons. The maximum Gasteiger partial charge on any atom is 0.0628 e. The van der Waals surface area contributed by atoms with Crippen LogP contribution in [-0.4, -0.2) is 15.7 Å². The topological polar surface area (TPSA) is 0 Å². The molecule has 0 nitrogen and oxygen atoms in total. The third kappa shape index (κ3) is 5.53. The quantitative estimate of drug-likeness (QED) is 0.227. The van der Waals surface area contributed by atoms with Crippen molar-refractivity contribution in [1.29, 1.82) is 0 Å². The Bertz CT molecular complexity index is 292. The van der Waals surface area contributed by atoms with Gasteiger partial charge in [-0.1, -0.05) is 90.9 Å². The molecule has 2 heteroatoms. The maximum atomic E-state index is 6.70. The Morgan fingerprint density at radius 2 is 1.52 bits per heavy atom. The van der Waals surface area contributed by atoms with E-state index in [9.17, 15) is 0 Å². The molecule has 0 aromatic heterocycles. The van der Waals surface area contributed by atoms with Crippen molar-refractivity contribution >= 4 is 15.7 Å². The third-order valence-corrected chi connectivity index (χ3v) is 5.98. The minimum absolute atomic E-state index is 0.0128. The second kappa shape index (κ2) is 9.11. The van der Waals surface area contributed by atoms with Crippen LogP contribution in [0.4, 0.5) is 0 Å². The van der Waals surface area contributed by atoms with Crippen LogP contribution in [0.5, 0.6) is 0 Å².